The molecule has 4 nitrogen and oxygen atoms in total. The van der Waals surface area contributed by atoms with Crippen LogP contribution >= 0.6 is 0 Å². The number of hydrogen-bond acceptors (Lipinski definition) is 4. The summed E-state index contributed by atoms with van der Waals surface area (Å²) < 4.78 is 53.8. The molecule has 0 saturated heterocycles. The summed E-state index contributed by atoms with van der Waals surface area (Å²) in [6, 6.07) is 6.72. The largest absolute Gasteiger partial charge is 0.493 e. The molecule has 0 heterocycles. The van der Waals surface area contributed by atoms with Gasteiger partial charge in [0.2, 0.25) is 0 Å². The molecule has 2 saturated carbocycles. The molecule has 2 fully saturated rings. The van der Waals surface area contributed by atoms with Crippen molar-refractivity contribution in [2.75, 3.05) is 6.61 Å². The lowest BCUT2D eigenvalue weighted by Crippen LogP contribution is -2.36. The van der Waals surface area contributed by atoms with E-state index in [1.54, 1.807) is 6.07 Å². The fourth-order valence-electron chi connectivity index (χ4n) is 6.44. The van der Waals surface area contributed by atoms with Crippen LogP contribution in [0.1, 0.15) is 99.9 Å². The van der Waals surface area contributed by atoms with Crippen LogP contribution in [0.4, 0.5) is 13.2 Å². The quantitative estimate of drug-likeness (QED) is 0.242. The second-order valence-corrected chi connectivity index (χ2v) is 11.0. The van der Waals surface area contributed by atoms with Crippen molar-refractivity contribution in [2.24, 2.45) is 17.3 Å². The van der Waals surface area contributed by atoms with E-state index < -0.39 is 29.0 Å². The third-order valence-corrected chi connectivity index (χ3v) is 8.57. The Morgan fingerprint density at radius 1 is 0.974 bits per heavy atom. The molecule has 0 amide bonds. The molecule has 7 heteroatoms. The minimum Gasteiger partial charge on any atom is -0.493 e. The second-order valence-electron chi connectivity index (χ2n) is 11.0. The van der Waals surface area contributed by atoms with Gasteiger partial charge in [-0.15, -0.1) is 0 Å². The summed E-state index contributed by atoms with van der Waals surface area (Å²) in [6.07, 6.45) is 15.1. The minimum atomic E-state index is -1.30. The first-order valence-corrected chi connectivity index (χ1v) is 13.9. The molecule has 0 atom stereocenters. The molecule has 0 bridgehead atoms. The van der Waals surface area contributed by atoms with Crippen molar-refractivity contribution < 1.29 is 27.4 Å². The number of nitriles is 1. The third kappa shape index (κ3) is 6.51. The Labute approximate surface area is 223 Å². The van der Waals surface area contributed by atoms with Gasteiger partial charge < -0.3 is 9.47 Å². The molecule has 2 aromatic carbocycles. The maximum atomic E-state index is 14.7. The molecule has 2 aromatic rings. The van der Waals surface area contributed by atoms with Crippen molar-refractivity contribution in [3.63, 3.8) is 0 Å². The van der Waals surface area contributed by atoms with E-state index in [4.69, 9.17) is 14.7 Å². The number of carbonyl (C=O) groups excluding carboxylic acids is 1. The standard InChI is InChI=1S/C31H36F3NO3/c1-2-3-13-31(14-5-4-6-15-31)23-10-7-21(8-11-23)20-37-25-17-27(33)29(28(34)18-25)30(36)38-24-12-9-22(19-35)26(32)16-24/h9,12,16-18,21,23H,2-8,10-11,13-15,20H2,1H3. The zero-order valence-corrected chi connectivity index (χ0v) is 22.0. The van der Waals surface area contributed by atoms with E-state index in [9.17, 15) is 18.0 Å². The van der Waals surface area contributed by atoms with E-state index in [1.807, 2.05) is 0 Å². The molecule has 0 aliphatic heterocycles. The van der Waals surface area contributed by atoms with Gasteiger partial charge in [0.05, 0.1) is 12.2 Å². The van der Waals surface area contributed by atoms with E-state index >= 15 is 0 Å². The first kappa shape index (κ1) is 28.0. The van der Waals surface area contributed by atoms with Crippen molar-refractivity contribution in [1.82, 2.24) is 0 Å². The van der Waals surface area contributed by atoms with Crippen LogP contribution in [0.2, 0.25) is 0 Å². The lowest BCUT2D eigenvalue weighted by atomic mass is 9.59. The number of halogens is 3. The summed E-state index contributed by atoms with van der Waals surface area (Å²) in [7, 11) is 0. The SMILES string of the molecule is CCCCC1(C2CCC(COc3cc(F)c(C(=O)Oc4ccc(C#N)c(F)c4)c(F)c3)CC2)CCCCC1. The molecule has 0 radical (unpaired) electrons. The van der Waals surface area contributed by atoms with Gasteiger partial charge in [-0.3, -0.25) is 0 Å². The zero-order chi connectivity index (χ0) is 27.1. The Morgan fingerprint density at radius 3 is 2.24 bits per heavy atom. The first-order chi connectivity index (χ1) is 18.3. The van der Waals surface area contributed by atoms with Gasteiger partial charge in [-0.25, -0.2) is 18.0 Å². The maximum Gasteiger partial charge on any atom is 0.349 e. The Kier molecular flexibility index (Phi) is 9.35. The predicted molar refractivity (Wildman–Crippen MR) is 138 cm³/mol. The van der Waals surface area contributed by atoms with Crippen LogP contribution < -0.4 is 9.47 Å². The van der Waals surface area contributed by atoms with E-state index in [2.05, 4.69) is 6.92 Å². The van der Waals surface area contributed by atoms with Crippen LogP contribution in [0, 0.1) is 46.0 Å². The molecule has 0 unspecified atom stereocenters. The van der Waals surface area contributed by atoms with Crippen LogP contribution in [0.3, 0.4) is 0 Å². The molecular formula is C31H36F3NO3. The fourth-order valence-corrected chi connectivity index (χ4v) is 6.44. The highest BCUT2D eigenvalue weighted by Crippen LogP contribution is 2.52. The lowest BCUT2D eigenvalue weighted by Gasteiger charge is -2.47. The second kappa shape index (κ2) is 12.7. The zero-order valence-electron chi connectivity index (χ0n) is 22.0. The topological polar surface area (TPSA) is 59.3 Å². The van der Waals surface area contributed by atoms with Crippen LogP contribution in [0.25, 0.3) is 0 Å². The van der Waals surface area contributed by atoms with Crippen LogP contribution in [-0.4, -0.2) is 12.6 Å². The normalized spacial score (nSPS) is 20.9. The van der Waals surface area contributed by atoms with E-state index in [1.165, 1.54) is 70.3 Å². The van der Waals surface area contributed by atoms with Gasteiger partial charge in [-0.1, -0.05) is 39.0 Å². The highest BCUT2D eigenvalue weighted by Gasteiger charge is 2.40. The fraction of sp³-hybridized carbons (Fsp3) is 0.548. The minimum absolute atomic E-state index is 0.0230. The van der Waals surface area contributed by atoms with Crippen molar-refractivity contribution in [3.05, 3.63) is 58.9 Å². The van der Waals surface area contributed by atoms with Gasteiger partial charge >= 0.3 is 5.97 Å². The average molecular weight is 528 g/mol. The number of ether oxygens (including phenoxy) is 2. The van der Waals surface area contributed by atoms with Crippen molar-refractivity contribution in [2.45, 2.75) is 84.0 Å². The number of esters is 1. The molecule has 0 aromatic heterocycles. The molecule has 204 valence electrons. The number of carbonyl (C=O) groups is 1. The highest BCUT2D eigenvalue weighted by atomic mass is 19.1. The van der Waals surface area contributed by atoms with Crippen LogP contribution in [0.15, 0.2) is 30.3 Å². The van der Waals surface area contributed by atoms with Crippen LogP contribution in [0.5, 0.6) is 11.5 Å². The highest BCUT2D eigenvalue weighted by molar-refractivity contribution is 5.91. The van der Waals surface area contributed by atoms with Gasteiger partial charge in [0, 0.05) is 18.2 Å². The van der Waals surface area contributed by atoms with Crippen molar-refractivity contribution >= 4 is 5.97 Å². The first-order valence-electron chi connectivity index (χ1n) is 13.9. The molecular weight excluding hydrogens is 491 g/mol. The Bertz CT molecular complexity index is 1140. The van der Waals surface area contributed by atoms with Gasteiger partial charge in [0.1, 0.15) is 40.6 Å². The molecule has 2 aliphatic rings. The molecule has 2 aliphatic carbocycles. The predicted octanol–water partition coefficient (Wildman–Crippen LogP) is 8.52. The molecule has 38 heavy (non-hydrogen) atoms. The smallest absolute Gasteiger partial charge is 0.349 e. The van der Waals surface area contributed by atoms with Gasteiger partial charge in [-0.05, 0) is 74.3 Å². The van der Waals surface area contributed by atoms with Gasteiger partial charge in [0.25, 0.3) is 0 Å². The monoisotopic (exact) mass is 527 g/mol. The van der Waals surface area contributed by atoms with Crippen molar-refractivity contribution in [3.8, 4) is 17.6 Å². The maximum absolute atomic E-state index is 14.7. The summed E-state index contributed by atoms with van der Waals surface area (Å²) in [5.74, 6) is -3.56. The third-order valence-electron chi connectivity index (χ3n) is 8.57. The molecule has 4 rings (SSSR count). The lowest BCUT2D eigenvalue weighted by molar-refractivity contribution is 0.0373. The Morgan fingerprint density at radius 2 is 1.63 bits per heavy atom. The van der Waals surface area contributed by atoms with E-state index in [0.29, 0.717) is 17.9 Å². The number of nitrogens with zero attached hydrogens (tertiary/aromatic N) is 1. The number of unbranched alkanes of at least 4 members (excludes halogenated alkanes) is 1. The summed E-state index contributed by atoms with van der Waals surface area (Å²) >= 11 is 0. The Hall–Kier alpha value is -3.01. The Balaban J connectivity index is 1.32. The van der Waals surface area contributed by atoms with E-state index in [0.717, 1.165) is 43.0 Å². The van der Waals surface area contributed by atoms with Crippen LogP contribution in [-0.2, 0) is 0 Å². The summed E-state index contributed by atoms with van der Waals surface area (Å²) in [6.45, 7) is 2.64. The average Bonchev–Trinajstić information content (AvgIpc) is 2.91. The van der Waals surface area contributed by atoms with Gasteiger partial charge in [-0.2, -0.15) is 5.26 Å². The summed E-state index contributed by atoms with van der Waals surface area (Å²) in [5, 5.41) is 8.79. The number of rotatable bonds is 9. The number of benzene rings is 2. The summed E-state index contributed by atoms with van der Waals surface area (Å²) in [5.41, 5.74) is -0.616. The molecule has 0 N–H and O–H groups in total. The van der Waals surface area contributed by atoms with E-state index in [-0.39, 0.29) is 17.1 Å². The summed E-state index contributed by atoms with van der Waals surface area (Å²) in [4.78, 5) is 12.4. The van der Waals surface area contributed by atoms with Gasteiger partial charge in [0.15, 0.2) is 0 Å². The molecule has 0 spiro atoms. The number of hydrogen-bond donors (Lipinski definition) is 0. The van der Waals surface area contributed by atoms with Crippen molar-refractivity contribution in [1.29, 1.82) is 5.26 Å².